The first-order chi connectivity index (χ1) is 16.2. The summed E-state index contributed by atoms with van der Waals surface area (Å²) in [4.78, 5) is 9.40. The van der Waals surface area contributed by atoms with Gasteiger partial charge >= 0.3 is 0 Å². The van der Waals surface area contributed by atoms with Gasteiger partial charge in [-0.2, -0.15) is 0 Å². The van der Waals surface area contributed by atoms with E-state index in [2.05, 4.69) is 71.1 Å². The molecule has 2 aromatic carbocycles. The van der Waals surface area contributed by atoms with Gasteiger partial charge in [0.2, 0.25) is 0 Å². The summed E-state index contributed by atoms with van der Waals surface area (Å²) in [7, 11) is 0. The summed E-state index contributed by atoms with van der Waals surface area (Å²) in [5.41, 5.74) is 3.74. The number of aliphatic hydroxyl groups is 1. The second-order valence-corrected chi connectivity index (χ2v) is 9.24. The van der Waals surface area contributed by atoms with E-state index >= 15 is 0 Å². The SMILES string of the molecule is CC(C)c1ccccc1C1OC=NC1COc1ccccc1CCN1CCN(CCO)CC1. The van der Waals surface area contributed by atoms with Crippen LogP contribution in [0.5, 0.6) is 5.75 Å². The molecule has 33 heavy (non-hydrogen) atoms. The quantitative estimate of drug-likeness (QED) is 0.599. The molecule has 2 aliphatic rings. The van der Waals surface area contributed by atoms with Gasteiger partial charge in [0, 0.05) is 39.3 Å². The molecule has 2 aliphatic heterocycles. The topological polar surface area (TPSA) is 57.5 Å². The molecule has 0 aromatic heterocycles. The van der Waals surface area contributed by atoms with E-state index in [-0.39, 0.29) is 18.8 Å². The Bertz CT molecular complexity index is 909. The molecule has 1 fully saturated rings. The van der Waals surface area contributed by atoms with Crippen molar-refractivity contribution in [3.8, 4) is 5.75 Å². The first-order valence-electron chi connectivity index (χ1n) is 12.2. The number of rotatable bonds is 10. The monoisotopic (exact) mass is 451 g/mol. The summed E-state index contributed by atoms with van der Waals surface area (Å²) in [6, 6.07) is 16.8. The lowest BCUT2D eigenvalue weighted by Crippen LogP contribution is -2.47. The molecular weight excluding hydrogens is 414 g/mol. The van der Waals surface area contributed by atoms with Crippen molar-refractivity contribution in [3.63, 3.8) is 0 Å². The zero-order valence-electron chi connectivity index (χ0n) is 19.9. The number of piperazine rings is 1. The maximum atomic E-state index is 9.13. The fourth-order valence-electron chi connectivity index (χ4n) is 4.74. The van der Waals surface area contributed by atoms with Gasteiger partial charge in [0.1, 0.15) is 18.4 Å². The molecule has 0 aliphatic carbocycles. The van der Waals surface area contributed by atoms with Gasteiger partial charge in [-0.3, -0.25) is 4.90 Å². The lowest BCUT2D eigenvalue weighted by atomic mass is 9.91. The van der Waals surface area contributed by atoms with E-state index in [1.165, 1.54) is 16.7 Å². The molecule has 0 saturated carbocycles. The van der Waals surface area contributed by atoms with Crippen LogP contribution in [0.3, 0.4) is 0 Å². The second-order valence-electron chi connectivity index (χ2n) is 9.24. The van der Waals surface area contributed by atoms with E-state index in [1.54, 1.807) is 6.40 Å². The third-order valence-corrected chi connectivity index (χ3v) is 6.69. The van der Waals surface area contributed by atoms with Crippen molar-refractivity contribution in [3.05, 3.63) is 65.2 Å². The lowest BCUT2D eigenvalue weighted by Gasteiger charge is -2.34. The number of β-amino-alcohol motifs (C(OH)–C–C–N with tert-alkyl or cyclic N) is 1. The average molecular weight is 452 g/mol. The van der Waals surface area contributed by atoms with Crippen molar-refractivity contribution in [1.29, 1.82) is 0 Å². The molecule has 2 atom stereocenters. The van der Waals surface area contributed by atoms with Gasteiger partial charge in [0.15, 0.2) is 12.5 Å². The zero-order chi connectivity index (χ0) is 23.0. The summed E-state index contributed by atoms with van der Waals surface area (Å²) in [5.74, 6) is 1.37. The number of aliphatic hydroxyl groups excluding tert-OH is 1. The Balaban J connectivity index is 1.34. The number of para-hydroxylation sites is 1. The number of aliphatic imine (C=N–C) groups is 1. The number of benzene rings is 2. The molecule has 1 N–H and O–H groups in total. The maximum Gasteiger partial charge on any atom is 0.171 e. The number of ether oxygens (including phenoxy) is 2. The smallest absolute Gasteiger partial charge is 0.171 e. The Labute approximate surface area is 197 Å². The minimum atomic E-state index is -0.106. The fraction of sp³-hybridized carbons (Fsp3) is 0.519. The summed E-state index contributed by atoms with van der Waals surface area (Å²) in [5, 5.41) is 9.13. The minimum absolute atomic E-state index is 0.0578. The van der Waals surface area contributed by atoms with Gasteiger partial charge in [-0.1, -0.05) is 56.3 Å². The average Bonchev–Trinajstić information content (AvgIpc) is 3.31. The standard InChI is InChI=1S/C27H37N3O3/c1-21(2)23-8-4-5-9-24(23)27-25(28-20-33-27)19-32-26-10-6-3-7-22(26)11-12-29-13-15-30(16-14-29)17-18-31/h3-10,20-21,25,27,31H,11-19H2,1-2H3. The number of hydrogen-bond acceptors (Lipinski definition) is 6. The molecule has 0 spiro atoms. The Kier molecular flexibility index (Phi) is 8.37. The van der Waals surface area contributed by atoms with Crippen LogP contribution >= 0.6 is 0 Å². The van der Waals surface area contributed by atoms with Gasteiger partial charge in [0.05, 0.1) is 6.61 Å². The van der Waals surface area contributed by atoms with Crippen LogP contribution < -0.4 is 4.74 Å². The van der Waals surface area contributed by atoms with Gasteiger partial charge in [-0.15, -0.1) is 0 Å². The molecule has 2 heterocycles. The summed E-state index contributed by atoms with van der Waals surface area (Å²) >= 11 is 0. The van der Waals surface area contributed by atoms with Crippen molar-refractivity contribution < 1.29 is 14.6 Å². The molecule has 4 rings (SSSR count). The van der Waals surface area contributed by atoms with E-state index < -0.39 is 0 Å². The van der Waals surface area contributed by atoms with Crippen LogP contribution in [0.25, 0.3) is 0 Å². The predicted molar refractivity (Wildman–Crippen MR) is 132 cm³/mol. The molecule has 178 valence electrons. The van der Waals surface area contributed by atoms with Crippen LogP contribution in [-0.2, 0) is 11.2 Å². The van der Waals surface area contributed by atoms with E-state index in [9.17, 15) is 0 Å². The zero-order valence-corrected chi connectivity index (χ0v) is 19.9. The van der Waals surface area contributed by atoms with Crippen molar-refractivity contribution in [2.45, 2.75) is 38.3 Å². The maximum absolute atomic E-state index is 9.13. The number of hydrogen-bond donors (Lipinski definition) is 1. The summed E-state index contributed by atoms with van der Waals surface area (Å²) in [6.45, 7) is 11.1. The Morgan fingerprint density at radius 3 is 2.45 bits per heavy atom. The summed E-state index contributed by atoms with van der Waals surface area (Å²) < 4.78 is 12.2. The van der Waals surface area contributed by atoms with Crippen LogP contribution in [0.15, 0.2) is 53.5 Å². The highest BCUT2D eigenvalue weighted by Crippen LogP contribution is 2.33. The highest BCUT2D eigenvalue weighted by atomic mass is 16.5. The van der Waals surface area contributed by atoms with Gasteiger partial charge < -0.3 is 19.5 Å². The molecule has 0 radical (unpaired) electrons. The van der Waals surface area contributed by atoms with Crippen LogP contribution in [0.1, 0.15) is 42.6 Å². The van der Waals surface area contributed by atoms with Crippen molar-refractivity contribution in [2.75, 3.05) is 52.5 Å². The molecule has 6 heteroatoms. The van der Waals surface area contributed by atoms with Gasteiger partial charge in [-0.05, 0) is 35.1 Å². The lowest BCUT2D eigenvalue weighted by molar-refractivity contribution is 0.113. The van der Waals surface area contributed by atoms with Crippen LogP contribution in [-0.4, -0.2) is 79.8 Å². The third kappa shape index (κ3) is 6.14. The van der Waals surface area contributed by atoms with E-state index in [4.69, 9.17) is 14.6 Å². The Morgan fingerprint density at radius 1 is 1.00 bits per heavy atom. The van der Waals surface area contributed by atoms with Gasteiger partial charge in [-0.25, -0.2) is 4.99 Å². The first kappa shape index (κ1) is 23.7. The van der Waals surface area contributed by atoms with E-state index in [1.807, 2.05) is 6.07 Å². The van der Waals surface area contributed by atoms with E-state index in [0.717, 1.165) is 51.4 Å². The molecular formula is C27H37N3O3. The third-order valence-electron chi connectivity index (χ3n) is 6.69. The molecule has 2 unspecified atom stereocenters. The number of nitrogens with zero attached hydrogens (tertiary/aromatic N) is 3. The Hall–Kier alpha value is -2.41. The first-order valence-corrected chi connectivity index (χ1v) is 12.2. The van der Waals surface area contributed by atoms with E-state index in [0.29, 0.717) is 12.5 Å². The fourth-order valence-corrected chi connectivity index (χ4v) is 4.74. The van der Waals surface area contributed by atoms with Crippen LogP contribution in [0, 0.1) is 0 Å². The highest BCUT2D eigenvalue weighted by Gasteiger charge is 2.31. The Morgan fingerprint density at radius 2 is 1.70 bits per heavy atom. The molecule has 0 bridgehead atoms. The summed E-state index contributed by atoms with van der Waals surface area (Å²) in [6.07, 6.45) is 2.43. The van der Waals surface area contributed by atoms with Crippen LogP contribution in [0.4, 0.5) is 0 Å². The van der Waals surface area contributed by atoms with Gasteiger partial charge in [0.25, 0.3) is 0 Å². The second kappa shape index (κ2) is 11.6. The largest absolute Gasteiger partial charge is 0.491 e. The minimum Gasteiger partial charge on any atom is -0.491 e. The molecule has 1 saturated heterocycles. The van der Waals surface area contributed by atoms with Crippen LogP contribution in [0.2, 0.25) is 0 Å². The predicted octanol–water partition coefficient (Wildman–Crippen LogP) is 3.51. The van der Waals surface area contributed by atoms with Crippen molar-refractivity contribution >= 4 is 6.40 Å². The van der Waals surface area contributed by atoms with Crippen molar-refractivity contribution in [2.24, 2.45) is 4.99 Å². The molecule has 0 amide bonds. The highest BCUT2D eigenvalue weighted by molar-refractivity contribution is 5.52. The molecule has 2 aromatic rings. The molecule has 6 nitrogen and oxygen atoms in total. The van der Waals surface area contributed by atoms with Crippen molar-refractivity contribution in [1.82, 2.24) is 9.80 Å². The normalized spacial score (nSPS) is 21.5.